The molecule has 8 nitrogen and oxygen atoms in total. The van der Waals surface area contributed by atoms with Crippen molar-refractivity contribution in [2.45, 2.75) is 19.4 Å². The molecule has 2 aromatic carbocycles. The maximum absolute atomic E-state index is 12.9. The molecule has 4 rings (SSSR count). The highest BCUT2D eigenvalue weighted by Crippen LogP contribution is 2.30. The predicted octanol–water partition coefficient (Wildman–Crippen LogP) is 2.53. The molecule has 0 fully saturated rings. The summed E-state index contributed by atoms with van der Waals surface area (Å²) in [5.74, 6) is 0.424. The first-order valence-electron chi connectivity index (χ1n) is 9.29. The van der Waals surface area contributed by atoms with Crippen molar-refractivity contribution >= 4 is 39.5 Å². The third kappa shape index (κ3) is 3.97. The lowest BCUT2D eigenvalue weighted by atomic mass is 10.0. The number of hydrogen-bond donors (Lipinski definition) is 3. The van der Waals surface area contributed by atoms with Gasteiger partial charge in [-0.1, -0.05) is 24.3 Å². The second kappa shape index (κ2) is 7.75. The number of pyridine rings is 1. The summed E-state index contributed by atoms with van der Waals surface area (Å²) < 4.78 is 24.2. The van der Waals surface area contributed by atoms with Gasteiger partial charge in [-0.25, -0.2) is 4.21 Å². The molecule has 0 bridgehead atoms. The maximum Gasteiger partial charge on any atom is 0.252 e. The molecular weight excluding hydrogens is 402 g/mol. The van der Waals surface area contributed by atoms with E-state index in [1.54, 1.807) is 30.5 Å². The Bertz CT molecular complexity index is 1190. The number of fused-ring (bicyclic) bond motifs is 2. The van der Waals surface area contributed by atoms with Crippen molar-refractivity contribution in [2.75, 3.05) is 11.3 Å². The van der Waals surface area contributed by atoms with Gasteiger partial charge in [-0.3, -0.25) is 14.5 Å². The molecule has 1 unspecified atom stereocenters. The van der Waals surface area contributed by atoms with Crippen molar-refractivity contribution in [3.05, 3.63) is 65.9 Å². The SMILES string of the molecule is CC(C)(COc1cccc2c1C(N)=NS(=O)N2)NC(=O)c1ccnc2ccccc12. The topological polar surface area (TPSA) is 119 Å². The van der Waals surface area contributed by atoms with Crippen LogP contribution in [0.15, 0.2) is 59.1 Å². The minimum atomic E-state index is -1.61. The molecule has 9 heteroatoms. The molecule has 0 radical (unpaired) electrons. The standard InChI is InChI=1S/C21H21N5O3S/c1-21(2,24-20(27)14-10-11-23-15-7-4-3-6-13(14)15)12-29-17-9-5-8-16-18(17)19(22)26-30(28)25-16/h3-11,25H,12H2,1-2H3,(H2,22,26)(H,24,27). The van der Waals surface area contributed by atoms with Gasteiger partial charge in [0.25, 0.3) is 5.91 Å². The molecule has 1 atom stereocenters. The van der Waals surface area contributed by atoms with Crippen molar-refractivity contribution in [2.24, 2.45) is 10.1 Å². The quantitative estimate of drug-likeness (QED) is 0.583. The van der Waals surface area contributed by atoms with Gasteiger partial charge in [0.15, 0.2) is 0 Å². The minimum absolute atomic E-state index is 0.141. The number of para-hydroxylation sites is 1. The molecule has 2 heterocycles. The average molecular weight is 423 g/mol. The highest BCUT2D eigenvalue weighted by Gasteiger charge is 2.26. The molecule has 1 aliphatic rings. The van der Waals surface area contributed by atoms with Crippen LogP contribution in [0.25, 0.3) is 10.9 Å². The fraction of sp³-hybridized carbons (Fsp3) is 0.190. The fourth-order valence-electron chi connectivity index (χ4n) is 3.22. The third-order valence-corrected chi connectivity index (χ3v) is 5.35. The van der Waals surface area contributed by atoms with Crippen LogP contribution in [0.2, 0.25) is 0 Å². The first kappa shape index (κ1) is 19.8. The summed E-state index contributed by atoms with van der Waals surface area (Å²) in [4.78, 5) is 17.2. The monoisotopic (exact) mass is 423 g/mol. The zero-order chi connectivity index (χ0) is 21.3. The molecule has 0 saturated heterocycles. The first-order chi connectivity index (χ1) is 14.3. The van der Waals surface area contributed by atoms with Crippen LogP contribution < -0.4 is 20.5 Å². The van der Waals surface area contributed by atoms with E-state index in [1.165, 1.54) is 0 Å². The number of benzene rings is 2. The second-order valence-electron chi connectivity index (χ2n) is 7.51. The number of aromatic nitrogens is 1. The van der Waals surface area contributed by atoms with Gasteiger partial charge >= 0.3 is 0 Å². The van der Waals surface area contributed by atoms with E-state index in [9.17, 15) is 9.00 Å². The van der Waals surface area contributed by atoms with E-state index in [0.717, 1.165) is 10.9 Å². The van der Waals surface area contributed by atoms with Crippen LogP contribution in [-0.2, 0) is 11.2 Å². The molecule has 4 N–H and O–H groups in total. The van der Waals surface area contributed by atoms with E-state index < -0.39 is 16.7 Å². The summed E-state index contributed by atoms with van der Waals surface area (Å²) in [5.41, 5.74) is 7.72. The van der Waals surface area contributed by atoms with E-state index in [2.05, 4.69) is 19.4 Å². The van der Waals surface area contributed by atoms with Gasteiger partial charge in [-0.2, -0.15) is 4.40 Å². The summed E-state index contributed by atoms with van der Waals surface area (Å²) >= 11 is -1.61. The third-order valence-electron chi connectivity index (χ3n) is 4.59. The number of amidine groups is 1. The Morgan fingerprint density at radius 1 is 1.20 bits per heavy atom. The lowest BCUT2D eigenvalue weighted by Gasteiger charge is -2.28. The maximum atomic E-state index is 12.9. The Morgan fingerprint density at radius 2 is 2.00 bits per heavy atom. The van der Waals surface area contributed by atoms with E-state index in [0.29, 0.717) is 22.6 Å². The lowest BCUT2D eigenvalue weighted by Crippen LogP contribution is -2.48. The van der Waals surface area contributed by atoms with Gasteiger partial charge in [0.05, 0.1) is 27.9 Å². The molecule has 0 saturated carbocycles. The molecule has 154 valence electrons. The molecular formula is C21H21N5O3S. The second-order valence-corrected chi connectivity index (χ2v) is 8.39. The molecule has 1 aliphatic heterocycles. The van der Waals surface area contributed by atoms with E-state index >= 15 is 0 Å². The van der Waals surface area contributed by atoms with Crippen LogP contribution in [0.3, 0.4) is 0 Å². The van der Waals surface area contributed by atoms with Crippen molar-refractivity contribution in [3.8, 4) is 5.75 Å². The number of nitrogens with one attached hydrogen (secondary N) is 2. The van der Waals surface area contributed by atoms with Gasteiger partial charge in [-0.05, 0) is 38.1 Å². The van der Waals surface area contributed by atoms with Crippen LogP contribution in [0.5, 0.6) is 5.75 Å². The number of nitrogens with two attached hydrogens (primary N) is 1. The predicted molar refractivity (Wildman–Crippen MR) is 118 cm³/mol. The van der Waals surface area contributed by atoms with E-state index in [-0.39, 0.29) is 18.3 Å². The highest BCUT2D eigenvalue weighted by molar-refractivity contribution is 7.85. The van der Waals surface area contributed by atoms with Crippen molar-refractivity contribution in [1.29, 1.82) is 0 Å². The number of hydrogen-bond acceptors (Lipinski definition) is 5. The van der Waals surface area contributed by atoms with Gasteiger partial charge in [0.1, 0.15) is 18.2 Å². The Hall–Kier alpha value is -3.46. The number of nitrogens with zero attached hydrogens (tertiary/aromatic N) is 2. The molecule has 1 aromatic heterocycles. The summed E-state index contributed by atoms with van der Waals surface area (Å²) in [6.45, 7) is 3.93. The zero-order valence-corrected chi connectivity index (χ0v) is 17.3. The number of carbonyl (C=O) groups excluding carboxylic acids is 1. The number of carbonyl (C=O) groups is 1. The molecule has 3 aromatic rings. The summed E-state index contributed by atoms with van der Waals surface area (Å²) in [6, 6.07) is 14.5. The lowest BCUT2D eigenvalue weighted by molar-refractivity contribution is 0.0882. The van der Waals surface area contributed by atoms with Crippen LogP contribution in [-0.4, -0.2) is 33.1 Å². The number of amides is 1. The van der Waals surface area contributed by atoms with Gasteiger partial charge in [0.2, 0.25) is 11.2 Å². The van der Waals surface area contributed by atoms with E-state index in [4.69, 9.17) is 10.5 Å². The van der Waals surface area contributed by atoms with Crippen LogP contribution in [0, 0.1) is 0 Å². The Morgan fingerprint density at radius 3 is 2.83 bits per heavy atom. The summed E-state index contributed by atoms with van der Waals surface area (Å²) in [6.07, 6.45) is 1.62. The smallest absolute Gasteiger partial charge is 0.252 e. The number of anilines is 1. The van der Waals surface area contributed by atoms with Gasteiger partial charge in [-0.15, -0.1) is 0 Å². The average Bonchev–Trinajstić information content (AvgIpc) is 2.71. The first-order valence-corrected chi connectivity index (χ1v) is 10.4. The molecule has 0 aliphatic carbocycles. The summed E-state index contributed by atoms with van der Waals surface area (Å²) in [5, 5.41) is 3.80. The molecule has 0 spiro atoms. The van der Waals surface area contributed by atoms with Gasteiger partial charge < -0.3 is 15.8 Å². The Kier molecular flexibility index (Phi) is 5.13. The van der Waals surface area contributed by atoms with Gasteiger partial charge in [0, 0.05) is 11.6 Å². The fourth-order valence-corrected chi connectivity index (χ4v) is 3.89. The van der Waals surface area contributed by atoms with E-state index in [1.807, 2.05) is 38.1 Å². The highest BCUT2D eigenvalue weighted by atomic mass is 32.2. The van der Waals surface area contributed by atoms with Crippen LogP contribution in [0.4, 0.5) is 5.69 Å². The zero-order valence-electron chi connectivity index (χ0n) is 16.5. The van der Waals surface area contributed by atoms with Crippen molar-refractivity contribution in [1.82, 2.24) is 10.3 Å². The van der Waals surface area contributed by atoms with Crippen molar-refractivity contribution < 1.29 is 13.7 Å². The number of ether oxygens (including phenoxy) is 1. The Balaban J connectivity index is 1.51. The van der Waals surface area contributed by atoms with Crippen molar-refractivity contribution in [3.63, 3.8) is 0 Å². The number of rotatable bonds is 5. The van der Waals surface area contributed by atoms with Crippen LogP contribution >= 0.6 is 0 Å². The largest absolute Gasteiger partial charge is 0.490 e. The molecule has 30 heavy (non-hydrogen) atoms. The normalized spacial score (nSPS) is 15.7. The molecule has 1 amide bonds. The minimum Gasteiger partial charge on any atom is -0.490 e. The van der Waals surface area contributed by atoms with Crippen LogP contribution in [0.1, 0.15) is 29.8 Å². The summed E-state index contributed by atoms with van der Waals surface area (Å²) in [7, 11) is 0. The Labute approximate surface area is 176 Å².